The van der Waals surface area contributed by atoms with Crippen molar-refractivity contribution >= 4 is 17.2 Å². The minimum Gasteiger partial charge on any atom is -0.376 e. The molecule has 6 nitrogen and oxygen atoms in total. The molecule has 1 aromatic carbocycles. The lowest BCUT2D eigenvalue weighted by atomic mass is 10.1. The van der Waals surface area contributed by atoms with Crippen molar-refractivity contribution in [1.29, 1.82) is 0 Å². The summed E-state index contributed by atoms with van der Waals surface area (Å²) in [7, 11) is 0. The number of hydrogen-bond donors (Lipinski definition) is 0. The first-order valence-corrected chi connectivity index (χ1v) is 7.18. The van der Waals surface area contributed by atoms with E-state index < -0.39 is 4.92 Å². The van der Waals surface area contributed by atoms with E-state index in [4.69, 9.17) is 4.74 Å². The van der Waals surface area contributed by atoms with Gasteiger partial charge in [-0.2, -0.15) is 0 Å². The number of ketones is 1. The fourth-order valence-corrected chi connectivity index (χ4v) is 2.62. The number of carbonyl (C=O) groups excluding carboxylic acids is 1. The zero-order valence-electron chi connectivity index (χ0n) is 12.4. The smallest absolute Gasteiger partial charge is 0.282 e. The van der Waals surface area contributed by atoms with Crippen LogP contribution < -0.4 is 4.90 Å². The van der Waals surface area contributed by atoms with E-state index in [1.54, 1.807) is 6.07 Å². The van der Waals surface area contributed by atoms with E-state index in [1.165, 1.54) is 19.1 Å². The van der Waals surface area contributed by atoms with Crippen LogP contribution in [-0.4, -0.2) is 36.5 Å². The maximum absolute atomic E-state index is 11.5. The molecule has 1 atom stereocenters. The Hall–Kier alpha value is -1.95. The minimum atomic E-state index is -0.500. The summed E-state index contributed by atoms with van der Waals surface area (Å²) in [5.74, 6) is -0.296. The summed E-state index contributed by atoms with van der Waals surface area (Å²) in [4.78, 5) is 24.2. The monoisotopic (exact) mass is 292 g/mol. The molecule has 0 amide bonds. The maximum Gasteiger partial charge on any atom is 0.282 e. The number of rotatable bonds is 6. The second kappa shape index (κ2) is 6.67. The van der Waals surface area contributed by atoms with E-state index in [1.807, 2.05) is 11.8 Å². The zero-order chi connectivity index (χ0) is 15.4. The van der Waals surface area contributed by atoms with Crippen molar-refractivity contribution in [3.05, 3.63) is 33.9 Å². The molecule has 1 fully saturated rings. The van der Waals surface area contributed by atoms with Crippen LogP contribution in [0.25, 0.3) is 0 Å². The maximum atomic E-state index is 11.5. The van der Waals surface area contributed by atoms with Gasteiger partial charge in [0.1, 0.15) is 0 Å². The molecule has 2 rings (SSSR count). The van der Waals surface area contributed by atoms with Gasteiger partial charge >= 0.3 is 0 Å². The Bertz CT molecular complexity index is 538. The Morgan fingerprint density at radius 2 is 2.29 bits per heavy atom. The van der Waals surface area contributed by atoms with Gasteiger partial charge in [0.25, 0.3) is 5.69 Å². The van der Waals surface area contributed by atoms with Crippen LogP contribution in [0.4, 0.5) is 11.4 Å². The standard InChI is InChI=1S/C15H20N2O4/c1-3-16(10-13-5-4-8-21-13)12-6-7-14(11(2)18)15(9-12)17(19)20/h6-7,9,13H,3-5,8,10H2,1-2H3. The van der Waals surface area contributed by atoms with E-state index >= 15 is 0 Å². The Morgan fingerprint density at radius 3 is 2.81 bits per heavy atom. The molecule has 0 N–H and O–H groups in total. The molecule has 0 spiro atoms. The summed E-state index contributed by atoms with van der Waals surface area (Å²) in [6.45, 7) is 5.57. The molecule has 1 aliphatic heterocycles. The molecule has 0 radical (unpaired) electrons. The van der Waals surface area contributed by atoms with Gasteiger partial charge in [0.2, 0.25) is 0 Å². The predicted octanol–water partition coefficient (Wildman–Crippen LogP) is 2.80. The number of carbonyl (C=O) groups is 1. The lowest BCUT2D eigenvalue weighted by Crippen LogP contribution is -2.32. The third kappa shape index (κ3) is 3.58. The quantitative estimate of drug-likeness (QED) is 0.458. The van der Waals surface area contributed by atoms with Gasteiger partial charge in [-0.15, -0.1) is 0 Å². The van der Waals surface area contributed by atoms with Crippen LogP contribution in [0, 0.1) is 10.1 Å². The first kappa shape index (κ1) is 15.4. The van der Waals surface area contributed by atoms with Crippen molar-refractivity contribution in [3.8, 4) is 0 Å². The molecule has 1 heterocycles. The summed E-state index contributed by atoms with van der Waals surface area (Å²) in [5.41, 5.74) is 0.771. The summed E-state index contributed by atoms with van der Waals surface area (Å²) in [5, 5.41) is 11.1. The van der Waals surface area contributed by atoms with Crippen LogP contribution in [0.1, 0.15) is 37.0 Å². The van der Waals surface area contributed by atoms with Gasteiger partial charge in [-0.1, -0.05) is 0 Å². The molecule has 0 saturated carbocycles. The number of ether oxygens (including phenoxy) is 1. The second-order valence-corrected chi connectivity index (χ2v) is 5.19. The summed E-state index contributed by atoms with van der Waals surface area (Å²) in [6.07, 6.45) is 2.26. The number of nitro benzene ring substituents is 1. The molecule has 6 heteroatoms. The van der Waals surface area contributed by atoms with E-state index in [-0.39, 0.29) is 23.1 Å². The second-order valence-electron chi connectivity index (χ2n) is 5.19. The van der Waals surface area contributed by atoms with Gasteiger partial charge in [-0.05, 0) is 38.8 Å². The van der Waals surface area contributed by atoms with Gasteiger partial charge in [0.05, 0.1) is 16.6 Å². The average molecular weight is 292 g/mol. The normalized spacial score (nSPS) is 17.7. The molecule has 114 valence electrons. The van der Waals surface area contributed by atoms with Crippen molar-refractivity contribution in [3.63, 3.8) is 0 Å². The largest absolute Gasteiger partial charge is 0.376 e. The summed E-state index contributed by atoms with van der Waals surface area (Å²) in [6, 6.07) is 4.78. The van der Waals surface area contributed by atoms with Crippen molar-refractivity contribution < 1.29 is 14.5 Å². The van der Waals surface area contributed by atoms with Crippen LogP contribution >= 0.6 is 0 Å². The Balaban J connectivity index is 2.26. The molecule has 1 unspecified atom stereocenters. The highest BCUT2D eigenvalue weighted by Crippen LogP contribution is 2.27. The van der Waals surface area contributed by atoms with Crippen molar-refractivity contribution in [2.45, 2.75) is 32.8 Å². The third-order valence-electron chi connectivity index (χ3n) is 3.75. The van der Waals surface area contributed by atoms with Crippen LogP contribution in [0.5, 0.6) is 0 Å². The number of nitro groups is 1. The minimum absolute atomic E-state index is 0.134. The fourth-order valence-electron chi connectivity index (χ4n) is 2.62. The SMILES string of the molecule is CCN(CC1CCCO1)c1ccc(C(C)=O)c([N+](=O)[O-])c1. The molecular weight excluding hydrogens is 272 g/mol. The van der Waals surface area contributed by atoms with Gasteiger partial charge in [-0.3, -0.25) is 14.9 Å². The van der Waals surface area contributed by atoms with Crippen LogP contribution in [0.2, 0.25) is 0 Å². The van der Waals surface area contributed by atoms with Crippen LogP contribution in [0.15, 0.2) is 18.2 Å². The zero-order valence-corrected chi connectivity index (χ0v) is 12.4. The molecule has 0 bridgehead atoms. The predicted molar refractivity (Wildman–Crippen MR) is 80.0 cm³/mol. The van der Waals surface area contributed by atoms with E-state index in [0.29, 0.717) is 6.54 Å². The molecule has 1 aliphatic rings. The highest BCUT2D eigenvalue weighted by atomic mass is 16.6. The number of hydrogen-bond acceptors (Lipinski definition) is 5. The molecule has 1 saturated heterocycles. The van der Waals surface area contributed by atoms with Crippen LogP contribution in [0.3, 0.4) is 0 Å². The van der Waals surface area contributed by atoms with E-state index in [0.717, 1.165) is 31.7 Å². The molecule has 1 aromatic rings. The van der Waals surface area contributed by atoms with Gasteiger partial charge in [-0.25, -0.2) is 0 Å². The average Bonchev–Trinajstić information content (AvgIpc) is 2.97. The van der Waals surface area contributed by atoms with Gasteiger partial charge < -0.3 is 9.64 Å². The summed E-state index contributed by atoms with van der Waals surface area (Å²) < 4.78 is 5.62. The van der Waals surface area contributed by atoms with Gasteiger partial charge in [0, 0.05) is 31.5 Å². The number of benzene rings is 1. The number of anilines is 1. The van der Waals surface area contributed by atoms with Gasteiger partial charge in [0.15, 0.2) is 5.78 Å². The van der Waals surface area contributed by atoms with Crippen LogP contribution in [-0.2, 0) is 4.74 Å². The first-order valence-electron chi connectivity index (χ1n) is 7.18. The topological polar surface area (TPSA) is 72.7 Å². The molecule has 0 aliphatic carbocycles. The number of likely N-dealkylation sites (N-methyl/N-ethyl adjacent to an activating group) is 1. The number of Topliss-reactive ketones (excluding diaryl/α,β-unsaturated/α-hetero) is 1. The lowest BCUT2D eigenvalue weighted by Gasteiger charge is -2.26. The molecule has 0 aromatic heterocycles. The summed E-state index contributed by atoms with van der Waals surface area (Å²) >= 11 is 0. The molecular formula is C15H20N2O4. The third-order valence-corrected chi connectivity index (χ3v) is 3.75. The highest BCUT2D eigenvalue weighted by Gasteiger charge is 2.22. The van der Waals surface area contributed by atoms with E-state index in [2.05, 4.69) is 0 Å². The van der Waals surface area contributed by atoms with Crippen molar-refractivity contribution in [2.24, 2.45) is 0 Å². The Morgan fingerprint density at radius 1 is 1.52 bits per heavy atom. The van der Waals surface area contributed by atoms with E-state index in [9.17, 15) is 14.9 Å². The lowest BCUT2D eigenvalue weighted by molar-refractivity contribution is -0.385. The first-order chi connectivity index (χ1) is 10.0. The fraction of sp³-hybridized carbons (Fsp3) is 0.533. The Labute approximate surface area is 123 Å². The number of nitrogens with zero attached hydrogens (tertiary/aromatic N) is 2. The highest BCUT2D eigenvalue weighted by molar-refractivity contribution is 5.98. The van der Waals surface area contributed by atoms with Crippen molar-refractivity contribution in [2.75, 3.05) is 24.6 Å². The molecule has 21 heavy (non-hydrogen) atoms. The van der Waals surface area contributed by atoms with Crippen molar-refractivity contribution in [1.82, 2.24) is 0 Å². The Kier molecular flexibility index (Phi) is 4.90.